The van der Waals surface area contributed by atoms with E-state index in [1.165, 1.54) is 12.1 Å². The molecule has 112 valence electrons. The maximum Gasteiger partial charge on any atom is 0.416 e. The third-order valence-corrected chi connectivity index (χ3v) is 4.16. The summed E-state index contributed by atoms with van der Waals surface area (Å²) in [5, 5.41) is 0. The number of hydrogen-bond donors (Lipinski definition) is 1. The van der Waals surface area contributed by atoms with Crippen LogP contribution in [0, 0.1) is 0 Å². The smallest absolute Gasteiger partial charge is 0.323 e. The van der Waals surface area contributed by atoms with Crippen molar-refractivity contribution in [2.45, 2.75) is 44.4 Å². The molecule has 1 aliphatic heterocycles. The first-order valence-corrected chi connectivity index (χ1v) is 6.88. The fraction of sp³-hybridized carbons (Fsp3) is 0.600. The van der Waals surface area contributed by atoms with Gasteiger partial charge in [0.2, 0.25) is 0 Å². The van der Waals surface area contributed by atoms with Crippen LogP contribution in [0.4, 0.5) is 13.2 Å². The van der Waals surface area contributed by atoms with E-state index in [0.717, 1.165) is 25.5 Å². The molecule has 1 saturated heterocycles. The second kappa shape index (κ2) is 5.37. The van der Waals surface area contributed by atoms with E-state index in [1.807, 2.05) is 0 Å². The van der Waals surface area contributed by atoms with Gasteiger partial charge in [-0.15, -0.1) is 0 Å². The Balaban J connectivity index is 2.20. The van der Waals surface area contributed by atoms with Gasteiger partial charge in [-0.3, -0.25) is 4.90 Å². The van der Waals surface area contributed by atoms with Gasteiger partial charge in [-0.05, 0) is 44.9 Å². The third kappa shape index (κ3) is 3.15. The lowest BCUT2D eigenvalue weighted by Gasteiger charge is -2.34. The number of alkyl halides is 3. The van der Waals surface area contributed by atoms with E-state index in [2.05, 4.69) is 18.7 Å². The van der Waals surface area contributed by atoms with Crippen molar-refractivity contribution >= 4 is 0 Å². The molecule has 2 N–H and O–H groups in total. The molecule has 0 aliphatic carbocycles. The highest BCUT2D eigenvalue weighted by molar-refractivity contribution is 5.32. The Kier molecular flexibility index (Phi) is 4.12. The highest BCUT2D eigenvalue weighted by atomic mass is 19.4. The van der Waals surface area contributed by atoms with Crippen LogP contribution in [-0.2, 0) is 6.18 Å². The van der Waals surface area contributed by atoms with Crippen LogP contribution in [0.3, 0.4) is 0 Å². The Bertz CT molecular complexity index is 468. The van der Waals surface area contributed by atoms with Crippen molar-refractivity contribution in [2.24, 2.45) is 5.73 Å². The fourth-order valence-electron chi connectivity index (χ4n) is 2.92. The van der Waals surface area contributed by atoms with Gasteiger partial charge in [-0.25, -0.2) is 0 Å². The van der Waals surface area contributed by atoms with E-state index in [9.17, 15) is 13.2 Å². The molecule has 1 aliphatic rings. The van der Waals surface area contributed by atoms with Crippen molar-refractivity contribution in [3.05, 3.63) is 35.4 Å². The second-order valence-electron chi connectivity index (χ2n) is 6.05. The molecular weight excluding hydrogens is 265 g/mol. The molecule has 5 heteroatoms. The lowest BCUT2D eigenvalue weighted by molar-refractivity contribution is -0.138. The molecule has 0 saturated carbocycles. The molecule has 0 aromatic heterocycles. The Labute approximate surface area is 117 Å². The quantitative estimate of drug-likeness (QED) is 0.920. The number of likely N-dealkylation sites (tertiary alicyclic amines) is 1. The molecule has 1 unspecified atom stereocenters. The van der Waals surface area contributed by atoms with Crippen LogP contribution in [-0.4, -0.2) is 23.5 Å². The van der Waals surface area contributed by atoms with Gasteiger partial charge in [-0.2, -0.15) is 13.2 Å². The van der Waals surface area contributed by atoms with E-state index in [-0.39, 0.29) is 11.1 Å². The molecule has 1 fully saturated rings. The fourth-order valence-corrected chi connectivity index (χ4v) is 2.92. The first-order chi connectivity index (χ1) is 9.22. The van der Waals surface area contributed by atoms with Crippen molar-refractivity contribution in [3.8, 4) is 0 Å². The Morgan fingerprint density at radius 2 is 1.95 bits per heavy atom. The first-order valence-electron chi connectivity index (χ1n) is 6.88. The summed E-state index contributed by atoms with van der Waals surface area (Å²) in [6.07, 6.45) is -2.23. The second-order valence-corrected chi connectivity index (χ2v) is 6.05. The maximum absolute atomic E-state index is 13.0. The van der Waals surface area contributed by atoms with Crippen molar-refractivity contribution in [3.63, 3.8) is 0 Å². The van der Waals surface area contributed by atoms with Crippen molar-refractivity contribution in [2.75, 3.05) is 13.1 Å². The molecule has 1 aromatic rings. The standard InChI is InChI=1S/C15H21F3N2/c1-14(2)8-5-9-20(14)10-13(19)11-6-3-4-7-12(11)15(16,17)18/h3-4,6-7,13H,5,8-10,19H2,1-2H3. The minimum absolute atomic E-state index is 0.0186. The summed E-state index contributed by atoms with van der Waals surface area (Å²) in [4.78, 5) is 2.19. The lowest BCUT2D eigenvalue weighted by Crippen LogP contribution is -2.42. The Morgan fingerprint density at radius 1 is 1.30 bits per heavy atom. The van der Waals surface area contributed by atoms with Gasteiger partial charge in [0.1, 0.15) is 0 Å². The largest absolute Gasteiger partial charge is 0.416 e. The maximum atomic E-state index is 13.0. The average Bonchev–Trinajstić information content (AvgIpc) is 2.67. The molecular formula is C15H21F3N2. The van der Waals surface area contributed by atoms with Crippen LogP contribution >= 0.6 is 0 Å². The summed E-state index contributed by atoms with van der Waals surface area (Å²) >= 11 is 0. The van der Waals surface area contributed by atoms with Gasteiger partial charge in [0.25, 0.3) is 0 Å². The third-order valence-electron chi connectivity index (χ3n) is 4.16. The monoisotopic (exact) mass is 286 g/mol. The summed E-state index contributed by atoms with van der Waals surface area (Å²) in [5.41, 5.74) is 5.63. The van der Waals surface area contributed by atoms with Gasteiger partial charge in [0.05, 0.1) is 5.56 Å². The molecule has 20 heavy (non-hydrogen) atoms. The molecule has 0 spiro atoms. The van der Waals surface area contributed by atoms with E-state index in [0.29, 0.717) is 6.54 Å². The molecule has 2 rings (SSSR count). The molecule has 1 heterocycles. The predicted octanol–water partition coefficient (Wildman–Crippen LogP) is 3.58. The average molecular weight is 286 g/mol. The van der Waals surface area contributed by atoms with Gasteiger partial charge in [0, 0.05) is 18.1 Å². The number of nitrogens with two attached hydrogens (primary N) is 1. The topological polar surface area (TPSA) is 29.3 Å². The highest BCUT2D eigenvalue weighted by Crippen LogP contribution is 2.35. The van der Waals surface area contributed by atoms with E-state index in [4.69, 9.17) is 5.73 Å². The zero-order valence-electron chi connectivity index (χ0n) is 11.9. The Morgan fingerprint density at radius 3 is 2.50 bits per heavy atom. The number of halogens is 3. The van der Waals surface area contributed by atoms with E-state index >= 15 is 0 Å². The van der Waals surface area contributed by atoms with Crippen LogP contribution < -0.4 is 5.73 Å². The molecule has 0 bridgehead atoms. The summed E-state index contributed by atoms with van der Waals surface area (Å²) in [6, 6.07) is 4.98. The first kappa shape index (κ1) is 15.3. The van der Waals surface area contributed by atoms with Gasteiger partial charge >= 0.3 is 6.18 Å². The predicted molar refractivity (Wildman–Crippen MR) is 73.3 cm³/mol. The minimum Gasteiger partial charge on any atom is -0.323 e. The number of hydrogen-bond acceptors (Lipinski definition) is 2. The summed E-state index contributed by atoms with van der Waals surface area (Å²) < 4.78 is 39.0. The summed E-state index contributed by atoms with van der Waals surface area (Å²) in [5.74, 6) is 0. The van der Waals surface area contributed by atoms with Crippen LogP contribution in [0.1, 0.15) is 43.9 Å². The van der Waals surface area contributed by atoms with E-state index < -0.39 is 17.8 Å². The van der Waals surface area contributed by atoms with Crippen LogP contribution in [0.2, 0.25) is 0 Å². The summed E-state index contributed by atoms with van der Waals surface area (Å²) in [7, 11) is 0. The normalized spacial score (nSPS) is 21.1. The zero-order valence-corrected chi connectivity index (χ0v) is 11.9. The van der Waals surface area contributed by atoms with Crippen LogP contribution in [0.25, 0.3) is 0 Å². The Hall–Kier alpha value is -1.07. The van der Waals surface area contributed by atoms with Crippen LogP contribution in [0.15, 0.2) is 24.3 Å². The molecule has 0 radical (unpaired) electrons. The molecule has 1 atom stereocenters. The highest BCUT2D eigenvalue weighted by Gasteiger charge is 2.37. The lowest BCUT2D eigenvalue weighted by atomic mass is 9.97. The molecule has 1 aromatic carbocycles. The van der Waals surface area contributed by atoms with Crippen molar-refractivity contribution in [1.29, 1.82) is 0 Å². The van der Waals surface area contributed by atoms with Gasteiger partial charge in [-0.1, -0.05) is 18.2 Å². The molecule has 2 nitrogen and oxygen atoms in total. The van der Waals surface area contributed by atoms with Crippen LogP contribution in [0.5, 0.6) is 0 Å². The van der Waals surface area contributed by atoms with Crippen molar-refractivity contribution in [1.82, 2.24) is 4.90 Å². The number of nitrogens with zero attached hydrogens (tertiary/aromatic N) is 1. The van der Waals surface area contributed by atoms with Gasteiger partial charge in [0.15, 0.2) is 0 Å². The zero-order chi connectivity index (χ0) is 15.0. The number of benzene rings is 1. The molecule has 0 amide bonds. The van der Waals surface area contributed by atoms with E-state index in [1.54, 1.807) is 6.07 Å². The minimum atomic E-state index is -4.35. The SMILES string of the molecule is CC1(C)CCCN1CC(N)c1ccccc1C(F)(F)F. The van der Waals surface area contributed by atoms with Gasteiger partial charge < -0.3 is 5.73 Å². The van der Waals surface area contributed by atoms with Crippen molar-refractivity contribution < 1.29 is 13.2 Å². The number of rotatable bonds is 3. The summed E-state index contributed by atoms with van der Waals surface area (Å²) in [6.45, 7) is 5.58.